The molecule has 0 saturated carbocycles. The summed E-state index contributed by atoms with van der Waals surface area (Å²) < 4.78 is 10.3. The zero-order valence-corrected chi connectivity index (χ0v) is 12.2. The van der Waals surface area contributed by atoms with Crippen LogP contribution in [0.2, 0.25) is 0 Å². The van der Waals surface area contributed by atoms with E-state index < -0.39 is 5.97 Å². The standard InChI is InChI=1S/C15H23NO3/c1-10-7-8-16(11(2)9-10)12(3)13-5-6-14(19-13)15(17)18-4/h5-6,10-12H,7-9H2,1-4H3. The maximum Gasteiger partial charge on any atom is 0.373 e. The molecule has 0 spiro atoms. The SMILES string of the molecule is COC(=O)c1ccc(C(C)N2CCC(C)CC2C)o1. The van der Waals surface area contributed by atoms with Crippen molar-refractivity contribution in [1.82, 2.24) is 4.90 Å². The van der Waals surface area contributed by atoms with E-state index in [0.29, 0.717) is 6.04 Å². The van der Waals surface area contributed by atoms with Crippen molar-refractivity contribution in [3.05, 3.63) is 23.7 Å². The summed E-state index contributed by atoms with van der Waals surface area (Å²) in [6.45, 7) is 7.78. The van der Waals surface area contributed by atoms with Gasteiger partial charge in [0, 0.05) is 6.04 Å². The summed E-state index contributed by atoms with van der Waals surface area (Å²) in [6.07, 6.45) is 2.44. The van der Waals surface area contributed by atoms with Crippen LogP contribution in [0.4, 0.5) is 0 Å². The van der Waals surface area contributed by atoms with Crippen LogP contribution in [-0.2, 0) is 4.74 Å². The number of hydrogen-bond donors (Lipinski definition) is 0. The molecule has 19 heavy (non-hydrogen) atoms. The van der Waals surface area contributed by atoms with Crippen LogP contribution >= 0.6 is 0 Å². The third-order valence-electron chi connectivity index (χ3n) is 4.11. The van der Waals surface area contributed by atoms with Gasteiger partial charge in [-0.05, 0) is 51.3 Å². The highest BCUT2D eigenvalue weighted by molar-refractivity contribution is 5.86. The second-order valence-electron chi connectivity index (χ2n) is 5.59. The summed E-state index contributed by atoms with van der Waals surface area (Å²) in [5.41, 5.74) is 0. The number of esters is 1. The van der Waals surface area contributed by atoms with Gasteiger partial charge < -0.3 is 9.15 Å². The van der Waals surface area contributed by atoms with E-state index in [2.05, 4.69) is 30.4 Å². The van der Waals surface area contributed by atoms with Crippen LogP contribution in [-0.4, -0.2) is 30.6 Å². The van der Waals surface area contributed by atoms with Crippen molar-refractivity contribution in [2.45, 2.75) is 45.7 Å². The summed E-state index contributed by atoms with van der Waals surface area (Å²) in [5, 5.41) is 0. The lowest BCUT2D eigenvalue weighted by molar-refractivity contribution is 0.0545. The first-order valence-corrected chi connectivity index (χ1v) is 6.96. The number of hydrogen-bond acceptors (Lipinski definition) is 4. The Morgan fingerprint density at radius 3 is 2.84 bits per heavy atom. The lowest BCUT2D eigenvalue weighted by Crippen LogP contribution is -2.41. The molecule has 4 nitrogen and oxygen atoms in total. The van der Waals surface area contributed by atoms with E-state index in [0.717, 1.165) is 18.2 Å². The van der Waals surface area contributed by atoms with Gasteiger partial charge in [0.25, 0.3) is 0 Å². The summed E-state index contributed by atoms with van der Waals surface area (Å²) in [7, 11) is 1.36. The monoisotopic (exact) mass is 265 g/mol. The van der Waals surface area contributed by atoms with Gasteiger partial charge in [-0.25, -0.2) is 4.79 Å². The van der Waals surface area contributed by atoms with E-state index in [1.807, 2.05) is 6.07 Å². The van der Waals surface area contributed by atoms with Crippen LogP contribution in [0.3, 0.4) is 0 Å². The number of rotatable bonds is 3. The third kappa shape index (κ3) is 3.00. The minimum atomic E-state index is -0.418. The quantitative estimate of drug-likeness (QED) is 0.787. The molecular formula is C15H23NO3. The summed E-state index contributed by atoms with van der Waals surface area (Å²) in [4.78, 5) is 13.8. The van der Waals surface area contributed by atoms with E-state index in [1.54, 1.807) is 6.07 Å². The molecule has 1 aromatic rings. The van der Waals surface area contributed by atoms with Gasteiger partial charge in [0.2, 0.25) is 5.76 Å². The molecule has 0 N–H and O–H groups in total. The van der Waals surface area contributed by atoms with Crippen molar-refractivity contribution in [2.24, 2.45) is 5.92 Å². The summed E-state index contributed by atoms with van der Waals surface area (Å²) >= 11 is 0. The van der Waals surface area contributed by atoms with Crippen LogP contribution in [0.25, 0.3) is 0 Å². The zero-order valence-electron chi connectivity index (χ0n) is 12.2. The number of carbonyl (C=O) groups is 1. The molecule has 2 heterocycles. The normalized spacial score (nSPS) is 26.1. The predicted molar refractivity (Wildman–Crippen MR) is 73.0 cm³/mol. The van der Waals surface area contributed by atoms with Crippen molar-refractivity contribution in [3.8, 4) is 0 Å². The van der Waals surface area contributed by atoms with Crippen LogP contribution in [0.5, 0.6) is 0 Å². The van der Waals surface area contributed by atoms with Crippen LogP contribution in [0.15, 0.2) is 16.5 Å². The molecule has 0 radical (unpaired) electrons. The maximum absolute atomic E-state index is 11.4. The van der Waals surface area contributed by atoms with Crippen LogP contribution in [0, 0.1) is 5.92 Å². The van der Waals surface area contributed by atoms with Crippen molar-refractivity contribution < 1.29 is 13.9 Å². The van der Waals surface area contributed by atoms with Gasteiger partial charge in [-0.15, -0.1) is 0 Å². The number of piperidine rings is 1. The van der Waals surface area contributed by atoms with Gasteiger partial charge in [-0.2, -0.15) is 0 Å². The Morgan fingerprint density at radius 1 is 1.47 bits per heavy atom. The minimum absolute atomic E-state index is 0.195. The Kier molecular flexibility index (Phi) is 4.30. The second kappa shape index (κ2) is 5.78. The van der Waals surface area contributed by atoms with Crippen molar-refractivity contribution in [1.29, 1.82) is 0 Å². The number of nitrogens with zero attached hydrogens (tertiary/aromatic N) is 1. The number of ether oxygens (including phenoxy) is 1. The average molecular weight is 265 g/mol. The molecule has 2 rings (SSSR count). The molecule has 106 valence electrons. The molecule has 1 aromatic heterocycles. The molecule has 1 aliphatic heterocycles. The van der Waals surface area contributed by atoms with E-state index in [1.165, 1.54) is 20.0 Å². The molecule has 4 heteroatoms. The topological polar surface area (TPSA) is 42.7 Å². The highest BCUT2D eigenvalue weighted by Crippen LogP contribution is 2.31. The van der Waals surface area contributed by atoms with Gasteiger partial charge in [0.1, 0.15) is 5.76 Å². The van der Waals surface area contributed by atoms with Crippen LogP contribution < -0.4 is 0 Å². The molecule has 0 amide bonds. The van der Waals surface area contributed by atoms with Crippen molar-refractivity contribution in [2.75, 3.05) is 13.7 Å². The van der Waals surface area contributed by atoms with Gasteiger partial charge in [0.15, 0.2) is 0 Å². The Bertz CT molecular complexity index is 440. The largest absolute Gasteiger partial charge is 0.463 e. The maximum atomic E-state index is 11.4. The smallest absolute Gasteiger partial charge is 0.373 e. The predicted octanol–water partition coefficient (Wildman–Crippen LogP) is 3.25. The highest BCUT2D eigenvalue weighted by Gasteiger charge is 2.29. The fraction of sp³-hybridized carbons (Fsp3) is 0.667. The Morgan fingerprint density at radius 2 is 2.21 bits per heavy atom. The van der Waals surface area contributed by atoms with Crippen molar-refractivity contribution in [3.63, 3.8) is 0 Å². The lowest BCUT2D eigenvalue weighted by atomic mass is 9.92. The zero-order chi connectivity index (χ0) is 14.0. The third-order valence-corrected chi connectivity index (χ3v) is 4.11. The lowest BCUT2D eigenvalue weighted by Gasteiger charge is -2.39. The fourth-order valence-corrected chi connectivity index (χ4v) is 2.95. The fourth-order valence-electron chi connectivity index (χ4n) is 2.95. The minimum Gasteiger partial charge on any atom is -0.463 e. The molecule has 0 aromatic carbocycles. The van der Waals surface area contributed by atoms with E-state index in [-0.39, 0.29) is 11.8 Å². The number of likely N-dealkylation sites (tertiary alicyclic amines) is 1. The van der Waals surface area contributed by atoms with Gasteiger partial charge >= 0.3 is 5.97 Å². The van der Waals surface area contributed by atoms with Crippen LogP contribution in [0.1, 0.15) is 56.0 Å². The number of methoxy groups -OCH3 is 1. The van der Waals surface area contributed by atoms with E-state index >= 15 is 0 Å². The van der Waals surface area contributed by atoms with E-state index in [9.17, 15) is 4.79 Å². The second-order valence-corrected chi connectivity index (χ2v) is 5.59. The summed E-state index contributed by atoms with van der Waals surface area (Å²) in [5.74, 6) is 1.49. The molecule has 1 fully saturated rings. The highest BCUT2D eigenvalue weighted by atomic mass is 16.5. The molecule has 3 atom stereocenters. The van der Waals surface area contributed by atoms with Gasteiger partial charge in [0.05, 0.1) is 13.2 Å². The first-order chi connectivity index (χ1) is 9.02. The van der Waals surface area contributed by atoms with E-state index in [4.69, 9.17) is 4.42 Å². The molecule has 0 bridgehead atoms. The Balaban J connectivity index is 2.09. The van der Waals surface area contributed by atoms with Crippen molar-refractivity contribution >= 4 is 5.97 Å². The Hall–Kier alpha value is -1.29. The van der Waals surface area contributed by atoms with Gasteiger partial charge in [-0.3, -0.25) is 4.90 Å². The first-order valence-electron chi connectivity index (χ1n) is 6.96. The van der Waals surface area contributed by atoms with Gasteiger partial charge in [-0.1, -0.05) is 6.92 Å². The molecular weight excluding hydrogens is 242 g/mol. The molecule has 1 aliphatic rings. The first kappa shape index (κ1) is 14.1. The molecule has 0 aliphatic carbocycles. The number of furan rings is 1. The summed E-state index contributed by atoms with van der Waals surface area (Å²) in [6, 6.07) is 4.31. The average Bonchev–Trinajstić information content (AvgIpc) is 2.86. The Labute approximate surface area is 114 Å². The molecule has 1 saturated heterocycles. The molecule has 3 unspecified atom stereocenters. The number of carbonyl (C=O) groups excluding carboxylic acids is 1.